The Morgan fingerprint density at radius 2 is 1.92 bits per heavy atom. The summed E-state index contributed by atoms with van der Waals surface area (Å²) in [5, 5.41) is 3.01. The maximum Gasteiger partial charge on any atom is 0.251 e. The van der Waals surface area contributed by atoms with Crippen LogP contribution in [0.3, 0.4) is 0 Å². The standard InChI is InChI=1S/C20H29N3O2/c21-18-10-4-9-17(18)12-19(24)23-11-5-6-15(14-23)13-22-20(25)16-7-2-1-3-8-16/h1-3,7-8,15,17-18H,4-6,9-14,21H2,(H,22,25)/t15?,17-,18+/m0/s1. The second-order valence-corrected chi connectivity index (χ2v) is 7.48. The number of nitrogens with zero attached hydrogens (tertiary/aromatic N) is 1. The number of nitrogens with one attached hydrogen (secondary N) is 1. The van der Waals surface area contributed by atoms with E-state index in [-0.39, 0.29) is 17.9 Å². The lowest BCUT2D eigenvalue weighted by atomic mass is 9.95. The van der Waals surface area contributed by atoms with E-state index in [1.165, 1.54) is 0 Å². The predicted molar refractivity (Wildman–Crippen MR) is 98.0 cm³/mol. The number of hydrogen-bond donors (Lipinski definition) is 2. The monoisotopic (exact) mass is 343 g/mol. The Labute approximate surface area is 150 Å². The number of likely N-dealkylation sites (tertiary alicyclic amines) is 1. The van der Waals surface area contributed by atoms with Gasteiger partial charge in [-0.05, 0) is 49.7 Å². The van der Waals surface area contributed by atoms with Crippen LogP contribution in [0.2, 0.25) is 0 Å². The van der Waals surface area contributed by atoms with Crippen LogP contribution in [0.4, 0.5) is 0 Å². The second-order valence-electron chi connectivity index (χ2n) is 7.48. The Kier molecular flexibility index (Phi) is 6.08. The number of piperidine rings is 1. The van der Waals surface area contributed by atoms with Crippen LogP contribution in [0.25, 0.3) is 0 Å². The Morgan fingerprint density at radius 1 is 1.12 bits per heavy atom. The lowest BCUT2D eigenvalue weighted by Gasteiger charge is -2.34. The van der Waals surface area contributed by atoms with Gasteiger partial charge in [0.2, 0.25) is 5.91 Å². The van der Waals surface area contributed by atoms with Crippen LogP contribution >= 0.6 is 0 Å². The molecule has 1 aromatic carbocycles. The number of nitrogens with two attached hydrogens (primary N) is 1. The molecule has 0 radical (unpaired) electrons. The summed E-state index contributed by atoms with van der Waals surface area (Å²) < 4.78 is 0. The highest BCUT2D eigenvalue weighted by atomic mass is 16.2. The van der Waals surface area contributed by atoms with Crippen molar-refractivity contribution >= 4 is 11.8 Å². The minimum Gasteiger partial charge on any atom is -0.352 e. The molecule has 2 fully saturated rings. The second kappa shape index (κ2) is 8.48. The largest absolute Gasteiger partial charge is 0.352 e. The maximum absolute atomic E-state index is 12.6. The van der Waals surface area contributed by atoms with Crippen molar-refractivity contribution in [1.82, 2.24) is 10.2 Å². The summed E-state index contributed by atoms with van der Waals surface area (Å²) in [7, 11) is 0. The van der Waals surface area contributed by atoms with Crippen LogP contribution in [0.1, 0.15) is 48.9 Å². The van der Waals surface area contributed by atoms with Crippen LogP contribution in [-0.2, 0) is 4.79 Å². The van der Waals surface area contributed by atoms with Gasteiger partial charge in [-0.2, -0.15) is 0 Å². The van der Waals surface area contributed by atoms with E-state index in [4.69, 9.17) is 5.73 Å². The highest BCUT2D eigenvalue weighted by Gasteiger charge is 2.30. The molecule has 1 aliphatic carbocycles. The third-order valence-corrected chi connectivity index (χ3v) is 5.61. The molecule has 1 aliphatic heterocycles. The number of carbonyl (C=O) groups excluding carboxylic acids is 2. The van der Waals surface area contributed by atoms with Crippen LogP contribution in [0.5, 0.6) is 0 Å². The minimum atomic E-state index is -0.0408. The fourth-order valence-corrected chi connectivity index (χ4v) is 4.06. The van der Waals surface area contributed by atoms with Crippen LogP contribution in [-0.4, -0.2) is 42.4 Å². The molecule has 1 saturated heterocycles. The molecule has 3 atom stereocenters. The fourth-order valence-electron chi connectivity index (χ4n) is 4.06. The van der Waals surface area contributed by atoms with E-state index in [1.54, 1.807) is 0 Å². The van der Waals surface area contributed by atoms with Crippen molar-refractivity contribution in [3.8, 4) is 0 Å². The predicted octanol–water partition coefficient (Wildman–Crippen LogP) is 2.17. The number of amides is 2. The van der Waals surface area contributed by atoms with E-state index in [1.807, 2.05) is 35.2 Å². The van der Waals surface area contributed by atoms with Crippen LogP contribution in [0.15, 0.2) is 30.3 Å². The van der Waals surface area contributed by atoms with Crippen molar-refractivity contribution < 1.29 is 9.59 Å². The molecular formula is C20H29N3O2. The first kappa shape index (κ1) is 17.9. The fraction of sp³-hybridized carbons (Fsp3) is 0.600. The zero-order valence-corrected chi connectivity index (χ0v) is 14.8. The van der Waals surface area contributed by atoms with Gasteiger partial charge in [-0.25, -0.2) is 0 Å². The normalized spacial score (nSPS) is 26.4. The van der Waals surface area contributed by atoms with Crippen molar-refractivity contribution in [1.29, 1.82) is 0 Å². The molecule has 0 spiro atoms. The van der Waals surface area contributed by atoms with Crippen LogP contribution < -0.4 is 11.1 Å². The summed E-state index contributed by atoms with van der Waals surface area (Å²) in [5.74, 6) is 0.885. The van der Waals surface area contributed by atoms with Crippen molar-refractivity contribution in [3.05, 3.63) is 35.9 Å². The maximum atomic E-state index is 12.6. The Bertz CT molecular complexity index is 590. The van der Waals surface area contributed by atoms with Crippen molar-refractivity contribution in [2.75, 3.05) is 19.6 Å². The molecule has 2 amide bonds. The van der Waals surface area contributed by atoms with Gasteiger partial charge < -0.3 is 16.0 Å². The van der Waals surface area contributed by atoms with Gasteiger partial charge in [0, 0.05) is 37.7 Å². The summed E-state index contributed by atoms with van der Waals surface area (Å²) in [6, 6.07) is 9.45. The Balaban J connectivity index is 1.46. The molecule has 25 heavy (non-hydrogen) atoms. The molecule has 5 heteroatoms. The molecule has 2 aliphatic rings. The lowest BCUT2D eigenvalue weighted by Crippen LogP contribution is -2.44. The van der Waals surface area contributed by atoms with Gasteiger partial charge in [0.15, 0.2) is 0 Å². The molecule has 136 valence electrons. The number of carbonyl (C=O) groups is 2. The van der Waals surface area contributed by atoms with Gasteiger partial charge in [-0.1, -0.05) is 24.6 Å². The molecule has 1 saturated carbocycles. The molecule has 5 nitrogen and oxygen atoms in total. The first-order chi connectivity index (χ1) is 12.1. The third-order valence-electron chi connectivity index (χ3n) is 5.61. The molecule has 0 bridgehead atoms. The van der Waals surface area contributed by atoms with Gasteiger partial charge in [0.1, 0.15) is 0 Å². The zero-order chi connectivity index (χ0) is 17.6. The van der Waals surface area contributed by atoms with Crippen molar-refractivity contribution in [2.24, 2.45) is 17.6 Å². The molecule has 3 rings (SSSR count). The number of rotatable bonds is 5. The summed E-state index contributed by atoms with van der Waals surface area (Å²) in [6.07, 6.45) is 5.93. The van der Waals surface area contributed by atoms with Gasteiger partial charge in [0.25, 0.3) is 5.91 Å². The average Bonchev–Trinajstić information content (AvgIpc) is 3.05. The number of benzene rings is 1. The molecule has 1 aromatic rings. The molecule has 1 heterocycles. The average molecular weight is 343 g/mol. The van der Waals surface area contributed by atoms with Gasteiger partial charge in [-0.3, -0.25) is 9.59 Å². The summed E-state index contributed by atoms with van der Waals surface area (Å²) in [6.45, 7) is 2.21. The SMILES string of the molecule is N[C@@H]1CCC[C@H]1CC(=O)N1CCCC(CNC(=O)c2ccccc2)C1. The molecule has 3 N–H and O–H groups in total. The van der Waals surface area contributed by atoms with E-state index in [2.05, 4.69) is 5.32 Å². The topological polar surface area (TPSA) is 75.4 Å². The van der Waals surface area contributed by atoms with E-state index in [0.29, 0.717) is 30.4 Å². The van der Waals surface area contributed by atoms with Gasteiger partial charge in [-0.15, -0.1) is 0 Å². The van der Waals surface area contributed by atoms with E-state index >= 15 is 0 Å². The first-order valence-electron chi connectivity index (χ1n) is 9.50. The number of hydrogen-bond acceptors (Lipinski definition) is 3. The van der Waals surface area contributed by atoms with Crippen molar-refractivity contribution in [3.63, 3.8) is 0 Å². The van der Waals surface area contributed by atoms with Gasteiger partial charge in [0.05, 0.1) is 0 Å². The van der Waals surface area contributed by atoms with E-state index in [9.17, 15) is 9.59 Å². The minimum absolute atomic E-state index is 0.0408. The third kappa shape index (κ3) is 4.82. The summed E-state index contributed by atoms with van der Waals surface area (Å²) >= 11 is 0. The lowest BCUT2D eigenvalue weighted by molar-refractivity contribution is -0.134. The molecule has 0 aromatic heterocycles. The Morgan fingerprint density at radius 3 is 2.64 bits per heavy atom. The van der Waals surface area contributed by atoms with Crippen LogP contribution in [0, 0.1) is 11.8 Å². The van der Waals surface area contributed by atoms with E-state index < -0.39 is 0 Å². The van der Waals surface area contributed by atoms with Crippen molar-refractivity contribution in [2.45, 2.75) is 44.6 Å². The summed E-state index contributed by atoms with van der Waals surface area (Å²) in [5.41, 5.74) is 6.78. The Hall–Kier alpha value is -1.88. The first-order valence-corrected chi connectivity index (χ1v) is 9.50. The summed E-state index contributed by atoms with van der Waals surface area (Å²) in [4.78, 5) is 26.7. The highest BCUT2D eigenvalue weighted by Crippen LogP contribution is 2.28. The smallest absolute Gasteiger partial charge is 0.251 e. The quantitative estimate of drug-likeness (QED) is 0.860. The molecule has 1 unspecified atom stereocenters. The highest BCUT2D eigenvalue weighted by molar-refractivity contribution is 5.94. The van der Waals surface area contributed by atoms with Gasteiger partial charge >= 0.3 is 0 Å². The van der Waals surface area contributed by atoms with E-state index in [0.717, 1.165) is 45.2 Å². The molecular weight excluding hydrogens is 314 g/mol. The zero-order valence-electron chi connectivity index (χ0n) is 14.8.